The smallest absolute Gasteiger partial charge is 0.262 e. The van der Waals surface area contributed by atoms with Crippen LogP contribution in [0.3, 0.4) is 0 Å². The van der Waals surface area contributed by atoms with E-state index in [-0.39, 0.29) is 34.9 Å². The minimum atomic E-state index is -0.430. The monoisotopic (exact) mass is 540 g/mol. The molecule has 1 aliphatic heterocycles. The number of amides is 1. The molecular formula is C34H40N2O4. The molecule has 0 bridgehead atoms. The number of ether oxygens (including phenoxy) is 1. The number of allylic oxidation sites excluding steroid dienone is 4. The predicted octanol–water partition coefficient (Wildman–Crippen LogP) is 6.64. The summed E-state index contributed by atoms with van der Waals surface area (Å²) in [5.74, 6) is 0.0607. The Bertz CT molecular complexity index is 1420. The van der Waals surface area contributed by atoms with Gasteiger partial charge in [0.05, 0.1) is 0 Å². The molecule has 0 aromatic heterocycles. The lowest BCUT2D eigenvalue weighted by atomic mass is 9.64. The minimum absolute atomic E-state index is 0.103. The van der Waals surface area contributed by atoms with Gasteiger partial charge in [-0.1, -0.05) is 52.0 Å². The van der Waals surface area contributed by atoms with Crippen LogP contribution in [-0.2, 0) is 14.4 Å². The topological polar surface area (TPSA) is 75.7 Å². The quantitative estimate of drug-likeness (QED) is 0.460. The van der Waals surface area contributed by atoms with Crippen LogP contribution in [0.4, 0.5) is 5.69 Å². The van der Waals surface area contributed by atoms with E-state index in [1.807, 2.05) is 63.4 Å². The summed E-state index contributed by atoms with van der Waals surface area (Å²) in [6.07, 6.45) is 2.46. The molecule has 5 rings (SSSR count). The second-order valence-electron chi connectivity index (χ2n) is 13.3. The van der Waals surface area contributed by atoms with E-state index in [1.54, 1.807) is 0 Å². The van der Waals surface area contributed by atoms with Crippen molar-refractivity contribution in [2.24, 2.45) is 10.8 Å². The number of benzene rings is 2. The SMILES string of the molecule is Cc1ccc(C)c(NC(=O)COc2cccc(C3C4=C(CC(C)(C)CC4=O)N(C)C4=C3C(=O)CC(C)(C)C4)c2)c1. The lowest BCUT2D eigenvalue weighted by molar-refractivity contribution is -0.120. The van der Waals surface area contributed by atoms with E-state index in [0.717, 1.165) is 57.8 Å². The van der Waals surface area contributed by atoms with Gasteiger partial charge >= 0.3 is 0 Å². The Kier molecular flexibility index (Phi) is 7.01. The number of aryl methyl sites for hydroxylation is 2. The summed E-state index contributed by atoms with van der Waals surface area (Å²) in [7, 11) is 2.01. The maximum absolute atomic E-state index is 13.7. The summed E-state index contributed by atoms with van der Waals surface area (Å²) < 4.78 is 5.93. The second-order valence-corrected chi connectivity index (χ2v) is 13.3. The first-order chi connectivity index (χ1) is 18.7. The molecule has 1 heterocycles. The Labute approximate surface area is 237 Å². The van der Waals surface area contributed by atoms with Gasteiger partial charge in [-0.25, -0.2) is 0 Å². The second kappa shape index (κ2) is 10.1. The number of nitrogens with one attached hydrogen (secondary N) is 1. The molecule has 0 saturated carbocycles. The van der Waals surface area contributed by atoms with Crippen LogP contribution >= 0.6 is 0 Å². The lowest BCUT2D eigenvalue weighted by Gasteiger charge is -2.47. The lowest BCUT2D eigenvalue weighted by Crippen LogP contribution is -2.43. The first-order valence-corrected chi connectivity index (χ1v) is 14.1. The predicted molar refractivity (Wildman–Crippen MR) is 157 cm³/mol. The van der Waals surface area contributed by atoms with E-state index in [9.17, 15) is 14.4 Å². The number of Topliss-reactive ketones (excluding diaryl/α,β-unsaturated/α-hetero) is 2. The highest BCUT2D eigenvalue weighted by Crippen LogP contribution is 2.54. The molecule has 210 valence electrons. The van der Waals surface area contributed by atoms with Crippen molar-refractivity contribution in [3.8, 4) is 5.75 Å². The Morgan fingerprint density at radius 3 is 2.10 bits per heavy atom. The number of ketones is 2. The molecule has 6 nitrogen and oxygen atoms in total. The summed E-state index contributed by atoms with van der Waals surface area (Å²) in [4.78, 5) is 42.3. The molecule has 0 spiro atoms. The molecule has 0 atom stereocenters. The molecular weight excluding hydrogens is 500 g/mol. The molecule has 1 N–H and O–H groups in total. The zero-order valence-electron chi connectivity index (χ0n) is 24.7. The van der Waals surface area contributed by atoms with E-state index in [0.29, 0.717) is 18.6 Å². The summed E-state index contributed by atoms with van der Waals surface area (Å²) in [6, 6.07) is 13.5. The Hall–Kier alpha value is -3.67. The van der Waals surface area contributed by atoms with Gasteiger partial charge in [-0.3, -0.25) is 14.4 Å². The number of hydrogen-bond donors (Lipinski definition) is 1. The van der Waals surface area contributed by atoms with Crippen molar-refractivity contribution in [1.82, 2.24) is 4.90 Å². The van der Waals surface area contributed by atoms with Crippen LogP contribution in [0.15, 0.2) is 65.0 Å². The molecule has 3 aliphatic rings. The third-order valence-electron chi connectivity index (χ3n) is 8.41. The fourth-order valence-electron chi connectivity index (χ4n) is 6.49. The largest absolute Gasteiger partial charge is 0.484 e. The van der Waals surface area contributed by atoms with Crippen LogP contribution in [0.5, 0.6) is 5.75 Å². The van der Waals surface area contributed by atoms with Crippen LogP contribution in [0, 0.1) is 24.7 Å². The number of carbonyl (C=O) groups excluding carboxylic acids is 3. The zero-order valence-corrected chi connectivity index (χ0v) is 24.7. The molecule has 0 saturated heterocycles. The maximum Gasteiger partial charge on any atom is 0.262 e. The van der Waals surface area contributed by atoms with E-state index in [2.05, 4.69) is 37.9 Å². The van der Waals surface area contributed by atoms with Gasteiger partial charge in [0, 0.05) is 54.0 Å². The van der Waals surface area contributed by atoms with E-state index in [4.69, 9.17) is 4.74 Å². The molecule has 6 heteroatoms. The van der Waals surface area contributed by atoms with Gasteiger partial charge in [-0.05, 0) is 72.4 Å². The van der Waals surface area contributed by atoms with Crippen molar-refractivity contribution in [3.05, 3.63) is 81.7 Å². The first-order valence-electron chi connectivity index (χ1n) is 14.1. The summed E-state index contributed by atoms with van der Waals surface area (Å²) in [5.41, 5.74) is 6.89. The molecule has 2 aliphatic carbocycles. The number of anilines is 1. The van der Waals surface area contributed by atoms with Crippen molar-refractivity contribution in [3.63, 3.8) is 0 Å². The van der Waals surface area contributed by atoms with Crippen molar-refractivity contribution in [1.29, 1.82) is 0 Å². The first kappa shape index (κ1) is 27.9. The average Bonchev–Trinajstić information content (AvgIpc) is 2.85. The molecule has 0 radical (unpaired) electrons. The molecule has 40 heavy (non-hydrogen) atoms. The van der Waals surface area contributed by atoms with Crippen LogP contribution in [-0.4, -0.2) is 36.0 Å². The minimum Gasteiger partial charge on any atom is -0.484 e. The van der Waals surface area contributed by atoms with Gasteiger partial charge in [0.15, 0.2) is 18.2 Å². The van der Waals surface area contributed by atoms with Crippen LogP contribution in [0.2, 0.25) is 0 Å². The highest BCUT2D eigenvalue weighted by Gasteiger charge is 2.48. The van der Waals surface area contributed by atoms with E-state index in [1.165, 1.54) is 0 Å². The molecule has 0 unspecified atom stereocenters. The molecule has 2 aromatic rings. The standard InChI is InChI=1S/C34H40N2O4/c1-20-11-12-21(2)24(13-20)35-29(39)19-40-23-10-8-9-22(14-23)30-31-25(15-33(3,4)17-27(31)37)36(7)26-16-34(5,6)18-28(38)32(26)30/h8-14,30H,15-19H2,1-7H3,(H,35,39). The van der Waals surface area contributed by atoms with E-state index < -0.39 is 5.92 Å². The van der Waals surface area contributed by atoms with Gasteiger partial charge in [0.25, 0.3) is 5.91 Å². The summed E-state index contributed by atoms with van der Waals surface area (Å²) in [5, 5.41) is 2.93. The van der Waals surface area contributed by atoms with Gasteiger partial charge in [0.1, 0.15) is 5.75 Å². The van der Waals surface area contributed by atoms with Gasteiger partial charge in [0.2, 0.25) is 0 Å². The number of hydrogen-bond acceptors (Lipinski definition) is 5. The van der Waals surface area contributed by atoms with Gasteiger partial charge in [-0.15, -0.1) is 0 Å². The third kappa shape index (κ3) is 5.36. The molecule has 2 aromatic carbocycles. The molecule has 1 amide bonds. The fourth-order valence-corrected chi connectivity index (χ4v) is 6.49. The van der Waals surface area contributed by atoms with Crippen molar-refractivity contribution in [2.75, 3.05) is 19.0 Å². The number of carbonyl (C=O) groups is 3. The van der Waals surface area contributed by atoms with Crippen LogP contribution in [0.1, 0.15) is 76.0 Å². The maximum atomic E-state index is 13.7. The van der Waals surface area contributed by atoms with Gasteiger partial charge < -0.3 is 15.0 Å². The van der Waals surface area contributed by atoms with E-state index >= 15 is 0 Å². The van der Waals surface area contributed by atoms with Crippen molar-refractivity contribution in [2.45, 2.75) is 73.1 Å². The van der Waals surface area contributed by atoms with Crippen molar-refractivity contribution >= 4 is 23.2 Å². The molecule has 0 fully saturated rings. The van der Waals surface area contributed by atoms with Gasteiger partial charge in [-0.2, -0.15) is 0 Å². The Morgan fingerprint density at radius 1 is 0.900 bits per heavy atom. The number of nitrogens with zero attached hydrogens (tertiary/aromatic N) is 1. The average molecular weight is 541 g/mol. The number of rotatable bonds is 5. The Balaban J connectivity index is 1.47. The third-order valence-corrected chi connectivity index (χ3v) is 8.41. The van der Waals surface area contributed by atoms with Crippen LogP contribution in [0.25, 0.3) is 0 Å². The van der Waals surface area contributed by atoms with Crippen LogP contribution < -0.4 is 10.1 Å². The normalized spacial score (nSPS) is 20.3. The highest BCUT2D eigenvalue weighted by atomic mass is 16.5. The Morgan fingerprint density at radius 2 is 1.50 bits per heavy atom. The summed E-state index contributed by atoms with van der Waals surface area (Å²) >= 11 is 0. The fraction of sp³-hybridized carbons (Fsp3) is 0.441. The highest BCUT2D eigenvalue weighted by molar-refractivity contribution is 6.06. The van der Waals surface area contributed by atoms with Crippen molar-refractivity contribution < 1.29 is 19.1 Å². The summed E-state index contributed by atoms with van der Waals surface area (Å²) in [6.45, 7) is 12.3. The zero-order chi connectivity index (χ0) is 29.0.